The zero-order valence-corrected chi connectivity index (χ0v) is 12.1. The maximum atomic E-state index is 14.2. The zero-order chi connectivity index (χ0) is 13.8. The minimum absolute atomic E-state index is 0.131. The first-order valence-electron chi connectivity index (χ1n) is 5.94. The molecule has 1 heterocycles. The molecule has 1 unspecified atom stereocenters. The lowest BCUT2D eigenvalue weighted by Gasteiger charge is -2.22. The van der Waals surface area contributed by atoms with Crippen molar-refractivity contribution in [3.63, 3.8) is 0 Å². The van der Waals surface area contributed by atoms with Crippen LogP contribution in [0.1, 0.15) is 32.6 Å². The zero-order valence-electron chi connectivity index (χ0n) is 11.3. The fourth-order valence-electron chi connectivity index (χ4n) is 1.53. The van der Waals surface area contributed by atoms with Crippen LogP contribution >= 0.6 is 11.6 Å². The van der Waals surface area contributed by atoms with Gasteiger partial charge in [0.15, 0.2) is 6.17 Å². The summed E-state index contributed by atoms with van der Waals surface area (Å²) in [6, 6.07) is 0. The molecular weight excluding hydrogens is 257 g/mol. The molecule has 0 amide bonds. The lowest BCUT2D eigenvalue weighted by molar-refractivity contribution is 0.178. The molecule has 0 spiro atoms. The third-order valence-electron chi connectivity index (χ3n) is 2.45. The number of hydrogen-bond donors (Lipinski definition) is 1. The van der Waals surface area contributed by atoms with Gasteiger partial charge in [-0.25, -0.2) is 4.39 Å². The van der Waals surface area contributed by atoms with E-state index >= 15 is 0 Å². The fraction of sp³-hybridized carbons (Fsp3) is 0.750. The molecule has 1 aromatic rings. The second kappa shape index (κ2) is 6.50. The van der Waals surface area contributed by atoms with Crippen LogP contribution in [0.2, 0.25) is 5.02 Å². The van der Waals surface area contributed by atoms with Crippen molar-refractivity contribution in [3.8, 4) is 0 Å². The Hall–Kier alpha value is -0.650. The SMILES string of the molecule is COCCn1ncc(Cl)c1C(F)CNC(C)(C)C. The largest absolute Gasteiger partial charge is 0.383 e. The van der Waals surface area contributed by atoms with Gasteiger partial charge in [-0.2, -0.15) is 5.10 Å². The van der Waals surface area contributed by atoms with Crippen molar-refractivity contribution < 1.29 is 9.13 Å². The van der Waals surface area contributed by atoms with E-state index in [1.54, 1.807) is 11.8 Å². The van der Waals surface area contributed by atoms with Crippen LogP contribution in [-0.4, -0.2) is 35.6 Å². The van der Waals surface area contributed by atoms with Crippen LogP contribution in [-0.2, 0) is 11.3 Å². The Morgan fingerprint density at radius 3 is 2.78 bits per heavy atom. The quantitative estimate of drug-likeness (QED) is 0.869. The topological polar surface area (TPSA) is 39.1 Å². The highest BCUT2D eigenvalue weighted by atomic mass is 35.5. The van der Waals surface area contributed by atoms with Crippen molar-refractivity contribution in [1.82, 2.24) is 15.1 Å². The summed E-state index contributed by atoms with van der Waals surface area (Å²) in [6.45, 7) is 7.15. The summed E-state index contributed by atoms with van der Waals surface area (Å²) in [5, 5.41) is 7.53. The van der Waals surface area contributed by atoms with E-state index in [0.717, 1.165) is 0 Å². The Morgan fingerprint density at radius 1 is 1.56 bits per heavy atom. The van der Waals surface area contributed by atoms with E-state index in [1.165, 1.54) is 6.20 Å². The highest BCUT2D eigenvalue weighted by Gasteiger charge is 2.21. The van der Waals surface area contributed by atoms with E-state index in [2.05, 4.69) is 10.4 Å². The molecule has 0 saturated carbocycles. The molecule has 0 aliphatic carbocycles. The maximum Gasteiger partial charge on any atom is 0.155 e. The van der Waals surface area contributed by atoms with E-state index in [1.807, 2.05) is 20.8 Å². The van der Waals surface area contributed by atoms with E-state index in [-0.39, 0.29) is 12.1 Å². The summed E-state index contributed by atoms with van der Waals surface area (Å²) in [4.78, 5) is 0. The second-order valence-electron chi connectivity index (χ2n) is 5.19. The maximum absolute atomic E-state index is 14.2. The van der Waals surface area contributed by atoms with Gasteiger partial charge in [0.05, 0.1) is 30.1 Å². The Bertz CT molecular complexity index is 376. The number of ether oxygens (including phenoxy) is 1. The van der Waals surface area contributed by atoms with Crippen molar-refractivity contribution >= 4 is 11.6 Å². The Kier molecular flexibility index (Phi) is 5.56. The predicted molar refractivity (Wildman–Crippen MR) is 70.7 cm³/mol. The third-order valence-corrected chi connectivity index (χ3v) is 2.74. The van der Waals surface area contributed by atoms with Crippen molar-refractivity contribution in [2.45, 2.75) is 39.0 Å². The number of halogens is 2. The molecule has 18 heavy (non-hydrogen) atoms. The van der Waals surface area contributed by atoms with Gasteiger partial charge in [0, 0.05) is 19.2 Å². The van der Waals surface area contributed by atoms with Crippen LogP contribution in [0.25, 0.3) is 0 Å². The molecule has 1 atom stereocenters. The number of aromatic nitrogens is 2. The molecule has 0 radical (unpaired) electrons. The van der Waals surface area contributed by atoms with Crippen molar-refractivity contribution in [2.24, 2.45) is 0 Å². The summed E-state index contributed by atoms with van der Waals surface area (Å²) in [6.07, 6.45) is 0.284. The lowest BCUT2D eigenvalue weighted by atomic mass is 10.1. The molecule has 0 aliphatic heterocycles. The van der Waals surface area contributed by atoms with E-state index in [0.29, 0.717) is 23.9 Å². The molecule has 0 bridgehead atoms. The van der Waals surface area contributed by atoms with Crippen LogP contribution in [0, 0.1) is 0 Å². The molecule has 0 saturated heterocycles. The van der Waals surface area contributed by atoms with E-state index < -0.39 is 6.17 Å². The number of alkyl halides is 1. The van der Waals surface area contributed by atoms with Crippen LogP contribution in [0.3, 0.4) is 0 Å². The van der Waals surface area contributed by atoms with Crippen molar-refractivity contribution in [2.75, 3.05) is 20.3 Å². The van der Waals surface area contributed by atoms with Gasteiger partial charge in [-0.3, -0.25) is 4.68 Å². The number of nitrogens with one attached hydrogen (secondary N) is 1. The molecule has 104 valence electrons. The third kappa shape index (κ3) is 4.55. The molecular formula is C12H21ClFN3O. The van der Waals surface area contributed by atoms with Gasteiger partial charge in [-0.15, -0.1) is 0 Å². The van der Waals surface area contributed by atoms with E-state index in [9.17, 15) is 4.39 Å². The smallest absolute Gasteiger partial charge is 0.155 e. The minimum atomic E-state index is -1.18. The number of rotatable bonds is 6. The number of methoxy groups -OCH3 is 1. The average molecular weight is 278 g/mol. The van der Waals surface area contributed by atoms with E-state index in [4.69, 9.17) is 16.3 Å². The second-order valence-corrected chi connectivity index (χ2v) is 5.60. The molecule has 1 aromatic heterocycles. The van der Waals surface area contributed by atoms with Crippen LogP contribution in [0.5, 0.6) is 0 Å². The summed E-state index contributed by atoms with van der Waals surface area (Å²) in [7, 11) is 1.60. The highest BCUT2D eigenvalue weighted by Crippen LogP contribution is 2.25. The first kappa shape index (κ1) is 15.4. The number of hydrogen-bond acceptors (Lipinski definition) is 3. The Morgan fingerprint density at radius 2 is 2.22 bits per heavy atom. The first-order valence-corrected chi connectivity index (χ1v) is 6.32. The van der Waals surface area contributed by atoms with Crippen LogP contribution in [0.4, 0.5) is 4.39 Å². The molecule has 0 fully saturated rings. The molecule has 4 nitrogen and oxygen atoms in total. The molecule has 0 aromatic carbocycles. The summed E-state index contributed by atoms with van der Waals surface area (Å²) < 4.78 is 20.7. The Balaban J connectivity index is 2.71. The lowest BCUT2D eigenvalue weighted by Crippen LogP contribution is -2.38. The Labute approximate surface area is 112 Å². The van der Waals surface area contributed by atoms with Gasteiger partial charge in [0.1, 0.15) is 0 Å². The van der Waals surface area contributed by atoms with Gasteiger partial charge in [-0.1, -0.05) is 11.6 Å². The normalized spacial score (nSPS) is 13.9. The van der Waals surface area contributed by atoms with Gasteiger partial charge in [0.2, 0.25) is 0 Å². The van der Waals surface area contributed by atoms with Gasteiger partial charge in [0.25, 0.3) is 0 Å². The predicted octanol–water partition coefficient (Wildman–Crippen LogP) is 2.58. The van der Waals surface area contributed by atoms with Gasteiger partial charge in [-0.05, 0) is 20.8 Å². The van der Waals surface area contributed by atoms with Crippen LogP contribution in [0.15, 0.2) is 6.20 Å². The average Bonchev–Trinajstić information content (AvgIpc) is 2.64. The highest BCUT2D eigenvalue weighted by molar-refractivity contribution is 6.31. The first-order chi connectivity index (χ1) is 8.35. The summed E-state index contributed by atoms with van der Waals surface area (Å²) in [5.74, 6) is 0. The van der Waals surface area contributed by atoms with Crippen molar-refractivity contribution in [1.29, 1.82) is 0 Å². The van der Waals surface area contributed by atoms with Gasteiger partial charge >= 0.3 is 0 Å². The summed E-state index contributed by atoms with van der Waals surface area (Å²) in [5.41, 5.74) is 0.277. The molecule has 1 rings (SSSR count). The van der Waals surface area contributed by atoms with Gasteiger partial charge < -0.3 is 10.1 Å². The minimum Gasteiger partial charge on any atom is -0.383 e. The molecule has 6 heteroatoms. The molecule has 1 N–H and O–H groups in total. The molecule has 0 aliphatic rings. The van der Waals surface area contributed by atoms with Crippen LogP contribution < -0.4 is 5.32 Å². The number of nitrogens with zero attached hydrogens (tertiary/aromatic N) is 2. The summed E-state index contributed by atoms with van der Waals surface area (Å²) >= 11 is 5.98. The standard InChI is InChI=1S/C12H21ClFN3O/c1-12(2,3)15-8-10(14)11-9(13)7-16-17(11)5-6-18-4/h7,10,15H,5-6,8H2,1-4H3. The monoisotopic (exact) mass is 277 g/mol. The van der Waals surface area contributed by atoms with Crippen molar-refractivity contribution in [3.05, 3.63) is 16.9 Å². The fourth-order valence-corrected chi connectivity index (χ4v) is 1.79.